The molecular formula is C12H10F4O2S. The van der Waals surface area contributed by atoms with Gasteiger partial charge in [-0.25, -0.2) is 4.39 Å². The predicted octanol–water partition coefficient (Wildman–Crippen LogP) is 3.94. The Hall–Kier alpha value is -1.24. The molecule has 0 radical (unpaired) electrons. The van der Waals surface area contributed by atoms with Gasteiger partial charge in [0.05, 0.1) is 5.56 Å². The topological polar surface area (TPSA) is 37.3 Å². The summed E-state index contributed by atoms with van der Waals surface area (Å²) in [6.45, 7) is 0. The predicted molar refractivity (Wildman–Crippen MR) is 61.5 cm³/mol. The summed E-state index contributed by atoms with van der Waals surface area (Å²) in [7, 11) is 0. The average molecular weight is 294 g/mol. The smallest absolute Gasteiger partial charge is 0.416 e. The van der Waals surface area contributed by atoms with Gasteiger partial charge in [-0.1, -0.05) is 0 Å². The first-order valence-electron chi connectivity index (χ1n) is 5.53. The fourth-order valence-corrected chi connectivity index (χ4v) is 3.26. The lowest BCUT2D eigenvalue weighted by atomic mass is 9.84. The number of hydrogen-bond donors (Lipinski definition) is 1. The summed E-state index contributed by atoms with van der Waals surface area (Å²) in [5.74, 6) is -2.08. The van der Waals surface area contributed by atoms with E-state index in [4.69, 9.17) is 5.11 Å². The van der Waals surface area contributed by atoms with E-state index >= 15 is 0 Å². The second kappa shape index (κ2) is 4.70. The van der Waals surface area contributed by atoms with Crippen LogP contribution in [0.4, 0.5) is 17.6 Å². The van der Waals surface area contributed by atoms with Crippen molar-refractivity contribution in [3.05, 3.63) is 29.6 Å². The van der Waals surface area contributed by atoms with Gasteiger partial charge in [-0.2, -0.15) is 13.2 Å². The van der Waals surface area contributed by atoms with E-state index in [2.05, 4.69) is 0 Å². The van der Waals surface area contributed by atoms with E-state index in [9.17, 15) is 22.4 Å². The van der Waals surface area contributed by atoms with Crippen LogP contribution in [0.1, 0.15) is 24.8 Å². The van der Waals surface area contributed by atoms with Gasteiger partial charge in [0.25, 0.3) is 0 Å². The molecule has 0 bridgehead atoms. The van der Waals surface area contributed by atoms with Gasteiger partial charge in [0, 0.05) is 4.90 Å². The normalized spacial score (nSPS) is 17.9. The molecule has 0 aromatic heterocycles. The van der Waals surface area contributed by atoms with Crippen molar-refractivity contribution in [3.63, 3.8) is 0 Å². The van der Waals surface area contributed by atoms with Gasteiger partial charge >= 0.3 is 12.1 Å². The van der Waals surface area contributed by atoms with Gasteiger partial charge in [0.2, 0.25) is 0 Å². The monoisotopic (exact) mass is 294 g/mol. The summed E-state index contributed by atoms with van der Waals surface area (Å²) < 4.78 is 49.7. The van der Waals surface area contributed by atoms with Crippen LogP contribution >= 0.6 is 11.8 Å². The van der Waals surface area contributed by atoms with Gasteiger partial charge in [-0.15, -0.1) is 11.8 Å². The van der Waals surface area contributed by atoms with E-state index in [0.717, 1.165) is 23.9 Å². The van der Waals surface area contributed by atoms with Crippen LogP contribution < -0.4 is 0 Å². The van der Waals surface area contributed by atoms with Crippen LogP contribution in [0.3, 0.4) is 0 Å². The fourth-order valence-electron chi connectivity index (χ4n) is 1.87. The number of carboxylic acids is 1. The number of hydrogen-bond acceptors (Lipinski definition) is 2. The highest BCUT2D eigenvalue weighted by Gasteiger charge is 2.45. The standard InChI is InChI=1S/C12H10F4O2S/c13-8-4-7(12(14,15)16)5-9(6-8)19-11(10(17)18)2-1-3-11/h4-6H,1-3H2,(H,17,18). The van der Waals surface area contributed by atoms with E-state index in [1.807, 2.05) is 0 Å². The highest BCUT2D eigenvalue weighted by atomic mass is 32.2. The van der Waals surface area contributed by atoms with Gasteiger partial charge in [-0.3, -0.25) is 4.79 Å². The molecule has 2 rings (SSSR count). The minimum Gasteiger partial charge on any atom is -0.480 e. The summed E-state index contributed by atoms with van der Waals surface area (Å²) in [5, 5.41) is 9.11. The van der Waals surface area contributed by atoms with Crippen LogP contribution in [0, 0.1) is 5.82 Å². The van der Waals surface area contributed by atoms with Crippen LogP contribution in [0.2, 0.25) is 0 Å². The van der Waals surface area contributed by atoms with Crippen molar-refractivity contribution in [2.75, 3.05) is 0 Å². The molecule has 1 aromatic carbocycles. The third-order valence-electron chi connectivity index (χ3n) is 3.06. The van der Waals surface area contributed by atoms with Crippen molar-refractivity contribution in [2.24, 2.45) is 0 Å². The highest BCUT2D eigenvalue weighted by Crippen LogP contribution is 2.48. The van der Waals surface area contributed by atoms with E-state index < -0.39 is 28.3 Å². The van der Waals surface area contributed by atoms with Crippen LogP contribution in [-0.2, 0) is 11.0 Å². The van der Waals surface area contributed by atoms with Crippen molar-refractivity contribution in [1.82, 2.24) is 0 Å². The minimum atomic E-state index is -4.65. The second-order valence-corrected chi connectivity index (χ2v) is 5.89. The molecule has 1 fully saturated rings. The summed E-state index contributed by atoms with van der Waals surface area (Å²) in [6.07, 6.45) is -3.18. The fraction of sp³-hybridized carbons (Fsp3) is 0.417. The Morgan fingerprint density at radius 2 is 1.89 bits per heavy atom. The zero-order valence-electron chi connectivity index (χ0n) is 9.63. The molecule has 1 aliphatic rings. The maximum atomic E-state index is 13.2. The number of rotatable bonds is 3. The zero-order chi connectivity index (χ0) is 14.3. The van der Waals surface area contributed by atoms with E-state index in [0.29, 0.717) is 25.3 Å². The van der Waals surface area contributed by atoms with E-state index in [1.54, 1.807) is 0 Å². The largest absolute Gasteiger partial charge is 0.480 e. The third-order valence-corrected chi connectivity index (χ3v) is 4.51. The lowest BCUT2D eigenvalue weighted by Crippen LogP contribution is -2.41. The van der Waals surface area contributed by atoms with Crippen LogP contribution in [-0.4, -0.2) is 15.8 Å². The Morgan fingerprint density at radius 1 is 1.26 bits per heavy atom. The molecule has 7 heteroatoms. The molecule has 0 amide bonds. The molecule has 0 unspecified atom stereocenters. The Bertz CT molecular complexity index is 509. The van der Waals surface area contributed by atoms with Gasteiger partial charge in [0.15, 0.2) is 0 Å². The molecule has 0 heterocycles. The molecule has 0 atom stereocenters. The van der Waals surface area contributed by atoms with Gasteiger partial charge in [0.1, 0.15) is 10.6 Å². The third kappa shape index (κ3) is 2.86. The molecule has 19 heavy (non-hydrogen) atoms. The summed E-state index contributed by atoms with van der Waals surface area (Å²) in [4.78, 5) is 11.1. The number of alkyl halides is 3. The zero-order valence-corrected chi connectivity index (χ0v) is 10.4. The number of halogens is 4. The Morgan fingerprint density at radius 3 is 2.32 bits per heavy atom. The van der Waals surface area contributed by atoms with Crippen molar-refractivity contribution in [1.29, 1.82) is 0 Å². The number of benzene rings is 1. The van der Waals surface area contributed by atoms with Crippen molar-refractivity contribution in [3.8, 4) is 0 Å². The molecule has 0 spiro atoms. The maximum absolute atomic E-state index is 13.2. The summed E-state index contributed by atoms with van der Waals surface area (Å²) in [5.41, 5.74) is -1.10. The van der Waals surface area contributed by atoms with Crippen LogP contribution in [0.5, 0.6) is 0 Å². The molecule has 0 aliphatic heterocycles. The van der Waals surface area contributed by atoms with E-state index in [1.165, 1.54) is 0 Å². The number of thioether (sulfide) groups is 1. The molecule has 1 aliphatic carbocycles. The molecule has 0 saturated heterocycles. The first-order valence-corrected chi connectivity index (χ1v) is 6.35. The lowest BCUT2D eigenvalue weighted by Gasteiger charge is -2.36. The number of aliphatic carboxylic acids is 1. The van der Waals surface area contributed by atoms with E-state index in [-0.39, 0.29) is 4.90 Å². The molecule has 1 aromatic rings. The van der Waals surface area contributed by atoms with Crippen LogP contribution in [0.15, 0.2) is 23.1 Å². The van der Waals surface area contributed by atoms with Crippen LogP contribution in [0.25, 0.3) is 0 Å². The van der Waals surface area contributed by atoms with Crippen molar-refractivity contribution < 1.29 is 27.5 Å². The van der Waals surface area contributed by atoms with Gasteiger partial charge < -0.3 is 5.11 Å². The first kappa shape index (κ1) is 14.2. The quantitative estimate of drug-likeness (QED) is 0.858. The lowest BCUT2D eigenvalue weighted by molar-refractivity contribution is -0.142. The summed E-state index contributed by atoms with van der Waals surface area (Å²) >= 11 is 0.791. The number of carbonyl (C=O) groups is 1. The summed E-state index contributed by atoms with van der Waals surface area (Å²) in [6, 6.07) is 2.12. The molecule has 2 nitrogen and oxygen atoms in total. The highest BCUT2D eigenvalue weighted by molar-refractivity contribution is 8.01. The van der Waals surface area contributed by atoms with Crippen molar-refractivity contribution >= 4 is 17.7 Å². The Kier molecular flexibility index (Phi) is 3.51. The molecule has 1 N–H and O–H groups in total. The maximum Gasteiger partial charge on any atom is 0.416 e. The van der Waals surface area contributed by atoms with Gasteiger partial charge in [-0.05, 0) is 37.5 Å². The molecule has 1 saturated carbocycles. The minimum absolute atomic E-state index is 0.00516. The SMILES string of the molecule is O=C(O)C1(Sc2cc(F)cc(C(F)(F)F)c2)CCC1. The second-order valence-electron chi connectivity index (χ2n) is 4.43. The van der Waals surface area contributed by atoms with Crippen molar-refractivity contribution in [2.45, 2.75) is 35.1 Å². The number of carboxylic acid groups (broad SMARTS) is 1. The molecular weight excluding hydrogens is 284 g/mol. The average Bonchev–Trinajstić information content (AvgIpc) is 2.21. The first-order chi connectivity index (χ1) is 8.73. The Labute approximate surface area is 110 Å². The Balaban J connectivity index is 2.31. The molecule has 104 valence electrons.